The predicted molar refractivity (Wildman–Crippen MR) is 63.2 cm³/mol. The van der Waals surface area contributed by atoms with E-state index in [-0.39, 0.29) is 11.1 Å². The van der Waals surface area contributed by atoms with Crippen molar-refractivity contribution in [3.05, 3.63) is 40.2 Å². The lowest BCUT2D eigenvalue weighted by Crippen LogP contribution is -2.11. The molecule has 1 atom stereocenters. The molecule has 84 valence electrons. The second-order valence-corrected chi connectivity index (χ2v) is 4.51. The Balaban J connectivity index is 2.58. The molecule has 0 aliphatic rings. The minimum Gasteiger partial charge on any atom is -0.508 e. The Hall–Kier alpha value is -1.48. The first-order chi connectivity index (χ1) is 7.56. The van der Waals surface area contributed by atoms with Crippen LogP contribution in [0.25, 0.3) is 11.0 Å². The lowest BCUT2D eigenvalue weighted by atomic mass is 10.1. The number of benzene rings is 1. The van der Waals surface area contributed by atoms with Gasteiger partial charge in [0.05, 0.1) is 0 Å². The van der Waals surface area contributed by atoms with Gasteiger partial charge in [-0.25, -0.2) is 4.79 Å². The molecule has 16 heavy (non-hydrogen) atoms. The molecule has 0 amide bonds. The van der Waals surface area contributed by atoms with Crippen molar-refractivity contribution in [3.63, 3.8) is 0 Å². The van der Waals surface area contributed by atoms with E-state index in [4.69, 9.17) is 16.0 Å². The lowest BCUT2D eigenvalue weighted by molar-refractivity contribution is 0.472. The SMILES string of the molecule is C[C@@H](Cl)Cc1cc2ccc(O)cc2oc1=O. The normalized spacial score (nSPS) is 12.9. The third-order valence-electron chi connectivity index (χ3n) is 2.29. The second kappa shape index (κ2) is 4.18. The number of hydrogen-bond acceptors (Lipinski definition) is 3. The first-order valence-corrected chi connectivity index (χ1v) is 5.40. The van der Waals surface area contributed by atoms with Crippen LogP contribution in [0, 0.1) is 0 Å². The Morgan fingerprint density at radius 2 is 2.19 bits per heavy atom. The summed E-state index contributed by atoms with van der Waals surface area (Å²) in [7, 11) is 0. The number of rotatable bonds is 2. The Morgan fingerprint density at radius 3 is 2.88 bits per heavy atom. The summed E-state index contributed by atoms with van der Waals surface area (Å²) < 4.78 is 5.10. The van der Waals surface area contributed by atoms with Crippen LogP contribution < -0.4 is 5.63 Å². The molecule has 1 aromatic carbocycles. The van der Waals surface area contributed by atoms with Gasteiger partial charge in [-0.2, -0.15) is 0 Å². The third-order valence-corrected chi connectivity index (χ3v) is 2.45. The molecule has 0 saturated carbocycles. The topological polar surface area (TPSA) is 50.4 Å². The van der Waals surface area contributed by atoms with Gasteiger partial charge in [0.1, 0.15) is 11.3 Å². The molecule has 1 heterocycles. The number of phenolic OH excluding ortho intramolecular Hbond substituents is 1. The molecule has 0 fully saturated rings. The monoisotopic (exact) mass is 238 g/mol. The zero-order chi connectivity index (χ0) is 11.7. The van der Waals surface area contributed by atoms with Crippen molar-refractivity contribution in [1.29, 1.82) is 0 Å². The van der Waals surface area contributed by atoms with Crippen LogP contribution in [0.5, 0.6) is 5.75 Å². The number of alkyl halides is 1. The average molecular weight is 239 g/mol. The first-order valence-electron chi connectivity index (χ1n) is 4.96. The number of phenols is 1. The average Bonchev–Trinajstić information content (AvgIpc) is 2.19. The van der Waals surface area contributed by atoms with Gasteiger partial charge in [0.25, 0.3) is 0 Å². The van der Waals surface area contributed by atoms with E-state index in [2.05, 4.69) is 0 Å². The summed E-state index contributed by atoms with van der Waals surface area (Å²) in [6.07, 6.45) is 0.473. The van der Waals surface area contributed by atoms with Crippen molar-refractivity contribution in [3.8, 4) is 5.75 Å². The maximum absolute atomic E-state index is 11.6. The summed E-state index contributed by atoms with van der Waals surface area (Å²) in [4.78, 5) is 11.6. The van der Waals surface area contributed by atoms with E-state index in [9.17, 15) is 9.90 Å². The molecule has 0 saturated heterocycles. The molecule has 4 heteroatoms. The van der Waals surface area contributed by atoms with Crippen LogP contribution in [-0.2, 0) is 6.42 Å². The number of halogens is 1. The predicted octanol–water partition coefficient (Wildman–Crippen LogP) is 2.67. The summed E-state index contributed by atoms with van der Waals surface area (Å²) in [5.41, 5.74) is 0.544. The maximum atomic E-state index is 11.6. The van der Waals surface area contributed by atoms with Gasteiger partial charge in [0, 0.05) is 22.4 Å². The Labute approximate surface area is 97.3 Å². The van der Waals surface area contributed by atoms with Crippen LogP contribution in [0.2, 0.25) is 0 Å². The minimum atomic E-state index is -0.398. The van der Waals surface area contributed by atoms with E-state index in [1.807, 2.05) is 6.92 Å². The van der Waals surface area contributed by atoms with Crippen LogP contribution in [0.3, 0.4) is 0 Å². The second-order valence-electron chi connectivity index (χ2n) is 3.77. The van der Waals surface area contributed by atoms with E-state index < -0.39 is 5.63 Å². The van der Waals surface area contributed by atoms with Crippen molar-refractivity contribution >= 4 is 22.6 Å². The quantitative estimate of drug-likeness (QED) is 0.646. The van der Waals surface area contributed by atoms with Crippen molar-refractivity contribution in [2.24, 2.45) is 0 Å². The van der Waals surface area contributed by atoms with Crippen molar-refractivity contribution in [2.75, 3.05) is 0 Å². The molecular weight excluding hydrogens is 228 g/mol. The van der Waals surface area contributed by atoms with Gasteiger partial charge in [-0.15, -0.1) is 11.6 Å². The van der Waals surface area contributed by atoms with Crippen LogP contribution in [0.4, 0.5) is 0 Å². The van der Waals surface area contributed by atoms with E-state index in [1.165, 1.54) is 6.07 Å². The Morgan fingerprint density at radius 1 is 1.44 bits per heavy atom. The summed E-state index contributed by atoms with van der Waals surface area (Å²) in [5.74, 6) is 0.0779. The highest BCUT2D eigenvalue weighted by Gasteiger charge is 2.08. The van der Waals surface area contributed by atoms with Crippen LogP contribution in [0.15, 0.2) is 33.5 Å². The van der Waals surface area contributed by atoms with Crippen LogP contribution in [0.1, 0.15) is 12.5 Å². The molecule has 0 unspecified atom stereocenters. The van der Waals surface area contributed by atoms with Crippen molar-refractivity contribution in [1.82, 2.24) is 0 Å². The van der Waals surface area contributed by atoms with Crippen LogP contribution in [-0.4, -0.2) is 10.5 Å². The highest BCUT2D eigenvalue weighted by molar-refractivity contribution is 6.20. The molecule has 0 aliphatic heterocycles. The van der Waals surface area contributed by atoms with Crippen molar-refractivity contribution in [2.45, 2.75) is 18.7 Å². The molecule has 0 aliphatic carbocycles. The van der Waals surface area contributed by atoms with Gasteiger partial charge in [-0.05, 0) is 31.5 Å². The van der Waals surface area contributed by atoms with Gasteiger partial charge in [-0.1, -0.05) is 0 Å². The highest BCUT2D eigenvalue weighted by Crippen LogP contribution is 2.19. The van der Waals surface area contributed by atoms with Crippen molar-refractivity contribution < 1.29 is 9.52 Å². The van der Waals surface area contributed by atoms with Gasteiger partial charge < -0.3 is 9.52 Å². The molecule has 1 N–H and O–H groups in total. The molecule has 0 spiro atoms. The summed E-state index contributed by atoms with van der Waals surface area (Å²) in [5, 5.41) is 9.92. The maximum Gasteiger partial charge on any atom is 0.339 e. The van der Waals surface area contributed by atoms with E-state index >= 15 is 0 Å². The lowest BCUT2D eigenvalue weighted by Gasteiger charge is -2.03. The zero-order valence-corrected chi connectivity index (χ0v) is 9.49. The number of aromatic hydroxyl groups is 1. The molecule has 3 nitrogen and oxygen atoms in total. The van der Waals surface area contributed by atoms with Gasteiger partial charge in [0.15, 0.2) is 0 Å². The van der Waals surface area contributed by atoms with E-state index in [1.54, 1.807) is 18.2 Å². The Kier molecular flexibility index (Phi) is 2.88. The summed E-state index contributed by atoms with van der Waals surface area (Å²) in [6, 6.07) is 6.43. The first kappa shape index (κ1) is 11.0. The number of fused-ring (bicyclic) bond motifs is 1. The van der Waals surface area contributed by atoms with Gasteiger partial charge >= 0.3 is 5.63 Å². The molecule has 1 aromatic heterocycles. The van der Waals surface area contributed by atoms with Crippen LogP contribution >= 0.6 is 11.6 Å². The standard InChI is InChI=1S/C12H11ClO3/c1-7(13)4-9-5-8-2-3-10(14)6-11(8)16-12(9)15/h2-3,5-7,14H,4H2,1H3/t7-/m1/s1. The van der Waals surface area contributed by atoms with E-state index in [0.717, 1.165) is 5.39 Å². The molecule has 0 bridgehead atoms. The summed E-state index contributed by atoms with van der Waals surface area (Å²) >= 11 is 5.84. The van der Waals surface area contributed by atoms with Gasteiger partial charge in [-0.3, -0.25) is 0 Å². The largest absolute Gasteiger partial charge is 0.508 e. The fraction of sp³-hybridized carbons (Fsp3) is 0.250. The fourth-order valence-corrected chi connectivity index (χ4v) is 1.75. The van der Waals surface area contributed by atoms with E-state index in [0.29, 0.717) is 17.6 Å². The fourth-order valence-electron chi connectivity index (χ4n) is 1.59. The third kappa shape index (κ3) is 2.19. The zero-order valence-electron chi connectivity index (χ0n) is 8.74. The molecule has 0 radical (unpaired) electrons. The minimum absolute atomic E-state index is 0.0779. The molecule has 2 aromatic rings. The number of hydrogen-bond donors (Lipinski definition) is 1. The highest BCUT2D eigenvalue weighted by atomic mass is 35.5. The Bertz CT molecular complexity index is 572. The van der Waals surface area contributed by atoms with Gasteiger partial charge in [0.2, 0.25) is 0 Å². The smallest absolute Gasteiger partial charge is 0.339 e. The molecular formula is C12H11ClO3. The summed E-state index contributed by atoms with van der Waals surface area (Å²) in [6.45, 7) is 1.82. The molecule has 2 rings (SSSR count).